The van der Waals surface area contributed by atoms with Crippen LogP contribution >= 0.6 is 0 Å². The molecule has 1 aromatic rings. The lowest BCUT2D eigenvalue weighted by atomic mass is 10.1. The number of nitrogens with one attached hydrogen (secondary N) is 1. The molecule has 1 aliphatic rings. The third-order valence-corrected chi connectivity index (χ3v) is 3.94. The number of carbonyl (C=O) groups excluding carboxylic acids is 1. The molecule has 1 saturated heterocycles. The van der Waals surface area contributed by atoms with E-state index in [1.807, 2.05) is 0 Å². The van der Waals surface area contributed by atoms with Crippen LogP contribution in [0.4, 0.5) is 4.39 Å². The molecule has 4 nitrogen and oxygen atoms in total. The van der Waals surface area contributed by atoms with E-state index in [2.05, 4.69) is 17.1 Å². The highest BCUT2D eigenvalue weighted by molar-refractivity contribution is 5.92. The summed E-state index contributed by atoms with van der Waals surface area (Å²) in [4.78, 5) is 13.4. The molecule has 1 aliphatic heterocycles. The van der Waals surface area contributed by atoms with Crippen molar-refractivity contribution < 1.29 is 9.18 Å². The van der Waals surface area contributed by atoms with Crippen LogP contribution < -0.4 is 11.1 Å². The molecule has 1 heterocycles. The second-order valence-corrected chi connectivity index (χ2v) is 5.23. The molecule has 1 amide bonds. The van der Waals surface area contributed by atoms with Crippen LogP contribution in [0.25, 0.3) is 0 Å². The van der Waals surface area contributed by atoms with Crippen molar-refractivity contribution in [2.45, 2.75) is 32.4 Å². The average molecular weight is 279 g/mol. The van der Waals surface area contributed by atoms with Crippen molar-refractivity contribution in [1.82, 2.24) is 10.2 Å². The Labute approximate surface area is 119 Å². The summed E-state index contributed by atoms with van der Waals surface area (Å²) in [6.07, 6.45) is 2.44. The summed E-state index contributed by atoms with van der Waals surface area (Å²) in [5, 5.41) is 3.30. The maximum absolute atomic E-state index is 13.8. The van der Waals surface area contributed by atoms with Crippen molar-refractivity contribution in [3.63, 3.8) is 0 Å². The van der Waals surface area contributed by atoms with Crippen molar-refractivity contribution in [3.05, 3.63) is 35.1 Å². The number of primary amides is 1. The number of halogens is 1. The topological polar surface area (TPSA) is 58.4 Å². The fraction of sp³-hybridized carbons (Fsp3) is 0.533. The smallest absolute Gasteiger partial charge is 0.248 e. The standard InChI is InChI=1S/C15H22FN3O/c1-2-19-7-3-4-13(19)10-18-9-12-6-5-11(15(17)20)8-14(12)16/h5-6,8,13,18H,2-4,7,9-10H2,1H3,(H2,17,20). The maximum atomic E-state index is 13.8. The van der Waals surface area contributed by atoms with Gasteiger partial charge in [0.1, 0.15) is 5.82 Å². The number of nitrogens with two attached hydrogens (primary N) is 1. The van der Waals surface area contributed by atoms with Gasteiger partial charge in [-0.25, -0.2) is 4.39 Å². The second-order valence-electron chi connectivity index (χ2n) is 5.23. The molecule has 0 bridgehead atoms. The number of amides is 1. The quantitative estimate of drug-likeness (QED) is 0.829. The van der Waals surface area contributed by atoms with Crippen LogP contribution in [-0.4, -0.2) is 36.5 Å². The molecule has 3 N–H and O–H groups in total. The zero-order chi connectivity index (χ0) is 14.5. The van der Waals surface area contributed by atoms with E-state index in [0.717, 1.165) is 19.6 Å². The fourth-order valence-electron chi connectivity index (χ4n) is 2.76. The van der Waals surface area contributed by atoms with E-state index in [0.29, 0.717) is 18.2 Å². The first-order valence-electron chi connectivity index (χ1n) is 7.14. The molecular formula is C15H22FN3O. The summed E-state index contributed by atoms with van der Waals surface area (Å²) in [6.45, 7) is 5.73. The van der Waals surface area contributed by atoms with Crippen LogP contribution in [0.15, 0.2) is 18.2 Å². The van der Waals surface area contributed by atoms with Crippen LogP contribution in [0.5, 0.6) is 0 Å². The number of benzene rings is 1. The van der Waals surface area contributed by atoms with E-state index in [1.54, 1.807) is 12.1 Å². The molecule has 0 aliphatic carbocycles. The second kappa shape index (κ2) is 6.81. The molecule has 5 heteroatoms. The van der Waals surface area contributed by atoms with E-state index in [4.69, 9.17) is 5.73 Å². The number of likely N-dealkylation sites (N-methyl/N-ethyl adjacent to an activating group) is 1. The van der Waals surface area contributed by atoms with Gasteiger partial charge in [-0.05, 0) is 38.1 Å². The predicted octanol–water partition coefficient (Wildman–Crippen LogP) is 1.50. The van der Waals surface area contributed by atoms with Gasteiger partial charge in [0.2, 0.25) is 5.91 Å². The Morgan fingerprint density at radius 2 is 2.35 bits per heavy atom. The molecule has 20 heavy (non-hydrogen) atoms. The Kier molecular flexibility index (Phi) is 5.09. The number of nitrogens with zero attached hydrogens (tertiary/aromatic N) is 1. The number of likely N-dealkylation sites (tertiary alicyclic amines) is 1. The Morgan fingerprint density at radius 1 is 1.55 bits per heavy atom. The molecule has 1 fully saturated rings. The first-order chi connectivity index (χ1) is 9.61. The first-order valence-corrected chi connectivity index (χ1v) is 7.14. The van der Waals surface area contributed by atoms with E-state index >= 15 is 0 Å². The van der Waals surface area contributed by atoms with Gasteiger partial charge in [-0.2, -0.15) is 0 Å². The lowest BCUT2D eigenvalue weighted by molar-refractivity contribution is 0.1000. The highest BCUT2D eigenvalue weighted by Gasteiger charge is 2.22. The van der Waals surface area contributed by atoms with Crippen LogP contribution in [0.3, 0.4) is 0 Å². The summed E-state index contributed by atoms with van der Waals surface area (Å²) < 4.78 is 13.8. The summed E-state index contributed by atoms with van der Waals surface area (Å²) >= 11 is 0. The SMILES string of the molecule is CCN1CCCC1CNCc1ccc(C(N)=O)cc1F. The molecule has 1 unspecified atom stereocenters. The largest absolute Gasteiger partial charge is 0.366 e. The zero-order valence-electron chi connectivity index (χ0n) is 11.9. The van der Waals surface area contributed by atoms with Crippen molar-refractivity contribution >= 4 is 5.91 Å². The fourth-order valence-corrected chi connectivity index (χ4v) is 2.76. The average Bonchev–Trinajstić information content (AvgIpc) is 2.87. The molecule has 1 aromatic carbocycles. The van der Waals surface area contributed by atoms with Gasteiger partial charge in [0.05, 0.1) is 0 Å². The highest BCUT2D eigenvalue weighted by atomic mass is 19.1. The van der Waals surface area contributed by atoms with Crippen molar-refractivity contribution in [3.8, 4) is 0 Å². The molecule has 0 spiro atoms. The Hall–Kier alpha value is -1.46. The maximum Gasteiger partial charge on any atom is 0.248 e. The predicted molar refractivity (Wildman–Crippen MR) is 76.9 cm³/mol. The van der Waals surface area contributed by atoms with Crippen molar-refractivity contribution in [2.75, 3.05) is 19.6 Å². The van der Waals surface area contributed by atoms with Crippen molar-refractivity contribution in [1.29, 1.82) is 0 Å². The van der Waals surface area contributed by atoms with Crippen molar-refractivity contribution in [2.24, 2.45) is 5.73 Å². The van der Waals surface area contributed by atoms with Crippen LogP contribution in [0.1, 0.15) is 35.7 Å². The Morgan fingerprint density at radius 3 is 3.00 bits per heavy atom. The van der Waals surface area contributed by atoms with Gasteiger partial charge >= 0.3 is 0 Å². The van der Waals surface area contributed by atoms with Gasteiger partial charge in [-0.3, -0.25) is 9.69 Å². The minimum absolute atomic E-state index is 0.208. The molecule has 0 aromatic heterocycles. The van der Waals surface area contributed by atoms with Gasteiger partial charge in [0, 0.05) is 30.3 Å². The van der Waals surface area contributed by atoms with E-state index in [-0.39, 0.29) is 11.4 Å². The number of hydrogen-bond acceptors (Lipinski definition) is 3. The monoisotopic (exact) mass is 279 g/mol. The summed E-state index contributed by atoms with van der Waals surface area (Å²) in [6, 6.07) is 4.94. The minimum Gasteiger partial charge on any atom is -0.366 e. The molecule has 1 atom stereocenters. The lowest BCUT2D eigenvalue weighted by Crippen LogP contribution is -2.37. The van der Waals surface area contributed by atoms with Gasteiger partial charge in [0.25, 0.3) is 0 Å². The van der Waals surface area contributed by atoms with E-state index < -0.39 is 5.91 Å². The third kappa shape index (κ3) is 3.55. The van der Waals surface area contributed by atoms with Crippen LogP contribution in [0.2, 0.25) is 0 Å². The summed E-state index contributed by atoms with van der Waals surface area (Å²) in [5.41, 5.74) is 5.89. The van der Waals surface area contributed by atoms with Gasteiger partial charge in [-0.1, -0.05) is 13.0 Å². The molecule has 2 rings (SSSR count). The molecular weight excluding hydrogens is 257 g/mol. The van der Waals surface area contributed by atoms with Gasteiger partial charge < -0.3 is 11.1 Å². The minimum atomic E-state index is -0.604. The molecule has 110 valence electrons. The number of hydrogen-bond donors (Lipinski definition) is 2. The Balaban J connectivity index is 1.86. The van der Waals surface area contributed by atoms with Gasteiger partial charge in [0.15, 0.2) is 0 Å². The molecule has 0 saturated carbocycles. The normalized spacial score (nSPS) is 19.4. The summed E-state index contributed by atoms with van der Waals surface area (Å²) in [5.74, 6) is -0.986. The van der Waals surface area contributed by atoms with Crippen LogP contribution in [-0.2, 0) is 6.54 Å². The first kappa shape index (κ1) is 14.9. The number of carbonyl (C=O) groups is 1. The van der Waals surface area contributed by atoms with Crippen LogP contribution in [0, 0.1) is 5.82 Å². The lowest BCUT2D eigenvalue weighted by Gasteiger charge is -2.23. The molecule has 0 radical (unpaired) electrons. The van der Waals surface area contributed by atoms with E-state index in [1.165, 1.54) is 18.9 Å². The zero-order valence-corrected chi connectivity index (χ0v) is 11.9. The van der Waals surface area contributed by atoms with E-state index in [9.17, 15) is 9.18 Å². The third-order valence-electron chi connectivity index (χ3n) is 3.94. The van der Waals surface area contributed by atoms with Gasteiger partial charge in [-0.15, -0.1) is 0 Å². The highest BCUT2D eigenvalue weighted by Crippen LogP contribution is 2.16. The Bertz CT molecular complexity index is 478. The summed E-state index contributed by atoms with van der Waals surface area (Å²) in [7, 11) is 0. The number of rotatable bonds is 6.